The molecule has 1 saturated carbocycles. The summed E-state index contributed by atoms with van der Waals surface area (Å²) in [6.07, 6.45) is 3.78. The van der Waals surface area contributed by atoms with Crippen LogP contribution in [0.1, 0.15) is 59.4 Å². The molecule has 0 radical (unpaired) electrons. The maximum atomic E-state index is 3.84. The summed E-state index contributed by atoms with van der Waals surface area (Å²) < 4.78 is 0. The molecular weight excluding hydrogens is 230 g/mol. The first-order chi connectivity index (χ1) is 8.61. The fourth-order valence-corrected chi connectivity index (χ4v) is 4.72. The first kappa shape index (κ1) is 14.4. The molecule has 1 aliphatic rings. The lowest BCUT2D eigenvalue weighted by Crippen LogP contribution is -2.49. The number of aryl methyl sites for hydroxylation is 1. The molecule has 1 aromatic carbocycles. The summed E-state index contributed by atoms with van der Waals surface area (Å²) in [4.78, 5) is 0. The van der Waals surface area contributed by atoms with Crippen molar-refractivity contribution in [2.75, 3.05) is 5.32 Å². The first-order valence-corrected chi connectivity index (χ1v) is 7.45. The van der Waals surface area contributed by atoms with Crippen molar-refractivity contribution in [2.45, 2.75) is 66.3 Å². The predicted molar refractivity (Wildman–Crippen MR) is 84.6 cm³/mol. The van der Waals surface area contributed by atoms with Crippen LogP contribution >= 0.6 is 0 Å². The Morgan fingerprint density at radius 1 is 0.842 bits per heavy atom. The second kappa shape index (κ2) is 4.54. The Kier molecular flexibility index (Phi) is 3.45. The standard InChI is InChI=1S/C18H29N/c1-14-9-7-8-10-15(14)19-18(6)12-16(2,3)11-17(4,5)13-18/h7-10,19H,11-13H2,1-6H3. The number of anilines is 1. The van der Waals surface area contributed by atoms with Crippen LogP contribution in [0, 0.1) is 17.8 Å². The molecule has 0 saturated heterocycles. The van der Waals surface area contributed by atoms with Gasteiger partial charge in [-0.05, 0) is 55.6 Å². The van der Waals surface area contributed by atoms with Crippen molar-refractivity contribution in [2.24, 2.45) is 10.8 Å². The van der Waals surface area contributed by atoms with E-state index in [2.05, 4.69) is 71.1 Å². The molecule has 0 spiro atoms. The van der Waals surface area contributed by atoms with E-state index < -0.39 is 0 Å². The fraction of sp³-hybridized carbons (Fsp3) is 0.667. The van der Waals surface area contributed by atoms with Gasteiger partial charge in [-0.1, -0.05) is 45.9 Å². The largest absolute Gasteiger partial charge is 0.380 e. The smallest absolute Gasteiger partial charge is 0.0374 e. The average molecular weight is 259 g/mol. The number of para-hydroxylation sites is 1. The highest BCUT2D eigenvalue weighted by atomic mass is 15.0. The number of benzene rings is 1. The third kappa shape index (κ3) is 3.52. The Bertz CT molecular complexity index is 441. The number of rotatable bonds is 2. The monoisotopic (exact) mass is 259 g/mol. The zero-order valence-corrected chi connectivity index (χ0v) is 13.4. The van der Waals surface area contributed by atoms with Gasteiger partial charge in [0.2, 0.25) is 0 Å². The zero-order chi connectivity index (χ0) is 14.3. The van der Waals surface area contributed by atoms with Gasteiger partial charge < -0.3 is 5.32 Å². The van der Waals surface area contributed by atoms with Crippen LogP contribution in [0.25, 0.3) is 0 Å². The van der Waals surface area contributed by atoms with E-state index in [-0.39, 0.29) is 5.54 Å². The van der Waals surface area contributed by atoms with Crippen LogP contribution in [0.3, 0.4) is 0 Å². The molecule has 1 aromatic rings. The maximum absolute atomic E-state index is 3.84. The molecule has 1 fully saturated rings. The SMILES string of the molecule is Cc1ccccc1NC1(C)CC(C)(C)CC(C)(C)C1. The van der Waals surface area contributed by atoms with Crippen LogP contribution in [-0.4, -0.2) is 5.54 Å². The Labute approximate surface area is 118 Å². The van der Waals surface area contributed by atoms with E-state index in [1.54, 1.807) is 0 Å². The molecule has 1 N–H and O–H groups in total. The molecular formula is C18H29N. The second-order valence-corrected chi connectivity index (χ2v) is 8.36. The minimum atomic E-state index is 0.192. The molecule has 0 bridgehead atoms. The Balaban J connectivity index is 2.25. The van der Waals surface area contributed by atoms with Gasteiger partial charge in [-0.25, -0.2) is 0 Å². The van der Waals surface area contributed by atoms with Gasteiger partial charge in [-0.15, -0.1) is 0 Å². The molecule has 0 heterocycles. The molecule has 0 amide bonds. The molecule has 0 unspecified atom stereocenters. The third-order valence-electron chi connectivity index (χ3n) is 4.28. The van der Waals surface area contributed by atoms with Crippen molar-refractivity contribution in [3.05, 3.63) is 29.8 Å². The molecule has 1 aliphatic carbocycles. The molecule has 2 rings (SSSR count). The summed E-state index contributed by atoms with van der Waals surface area (Å²) >= 11 is 0. The lowest BCUT2D eigenvalue weighted by Gasteiger charge is -2.51. The van der Waals surface area contributed by atoms with Gasteiger partial charge in [0.1, 0.15) is 0 Å². The molecule has 106 valence electrons. The number of nitrogens with one attached hydrogen (secondary N) is 1. The number of hydrogen-bond acceptors (Lipinski definition) is 1. The topological polar surface area (TPSA) is 12.0 Å². The van der Waals surface area contributed by atoms with Crippen molar-refractivity contribution >= 4 is 5.69 Å². The molecule has 1 nitrogen and oxygen atoms in total. The molecule has 0 aliphatic heterocycles. The highest BCUT2D eigenvalue weighted by molar-refractivity contribution is 5.52. The van der Waals surface area contributed by atoms with Gasteiger partial charge in [0, 0.05) is 11.2 Å². The highest BCUT2D eigenvalue weighted by Gasteiger charge is 2.44. The lowest BCUT2D eigenvalue weighted by molar-refractivity contribution is 0.0667. The van der Waals surface area contributed by atoms with Crippen molar-refractivity contribution < 1.29 is 0 Å². The summed E-state index contributed by atoms with van der Waals surface area (Å²) in [6.45, 7) is 14.2. The second-order valence-electron chi connectivity index (χ2n) is 8.36. The minimum Gasteiger partial charge on any atom is -0.380 e. The highest BCUT2D eigenvalue weighted by Crippen LogP contribution is 2.51. The van der Waals surface area contributed by atoms with Crippen LogP contribution in [0.4, 0.5) is 5.69 Å². The Morgan fingerprint density at radius 3 is 1.89 bits per heavy atom. The average Bonchev–Trinajstić information content (AvgIpc) is 2.15. The van der Waals surface area contributed by atoms with Crippen molar-refractivity contribution in [3.63, 3.8) is 0 Å². The normalized spacial score (nSPS) is 23.9. The van der Waals surface area contributed by atoms with Crippen molar-refractivity contribution in [3.8, 4) is 0 Å². The van der Waals surface area contributed by atoms with Gasteiger partial charge >= 0.3 is 0 Å². The Hall–Kier alpha value is -0.980. The summed E-state index contributed by atoms with van der Waals surface area (Å²) in [7, 11) is 0. The van der Waals surface area contributed by atoms with E-state index in [1.165, 1.54) is 30.5 Å². The van der Waals surface area contributed by atoms with Crippen LogP contribution < -0.4 is 5.32 Å². The van der Waals surface area contributed by atoms with Gasteiger partial charge in [-0.2, -0.15) is 0 Å². The zero-order valence-electron chi connectivity index (χ0n) is 13.4. The lowest BCUT2D eigenvalue weighted by atomic mass is 9.59. The van der Waals surface area contributed by atoms with Gasteiger partial charge in [0.25, 0.3) is 0 Å². The molecule has 0 aromatic heterocycles. The van der Waals surface area contributed by atoms with Gasteiger partial charge in [0.15, 0.2) is 0 Å². The third-order valence-corrected chi connectivity index (χ3v) is 4.28. The predicted octanol–water partition coefficient (Wildman–Crippen LogP) is 5.40. The van der Waals surface area contributed by atoms with Crippen LogP contribution in [-0.2, 0) is 0 Å². The summed E-state index contributed by atoms with van der Waals surface area (Å²) in [5.41, 5.74) is 3.64. The van der Waals surface area contributed by atoms with Crippen molar-refractivity contribution in [1.82, 2.24) is 0 Å². The molecule has 1 heteroatoms. The van der Waals surface area contributed by atoms with Gasteiger partial charge in [0.05, 0.1) is 0 Å². The van der Waals surface area contributed by atoms with Crippen LogP contribution in [0.15, 0.2) is 24.3 Å². The van der Waals surface area contributed by atoms with Crippen molar-refractivity contribution in [1.29, 1.82) is 0 Å². The molecule has 0 atom stereocenters. The summed E-state index contributed by atoms with van der Waals surface area (Å²) in [5.74, 6) is 0. The summed E-state index contributed by atoms with van der Waals surface area (Å²) in [6, 6.07) is 8.62. The summed E-state index contributed by atoms with van der Waals surface area (Å²) in [5, 5.41) is 3.84. The van der Waals surface area contributed by atoms with E-state index in [9.17, 15) is 0 Å². The van der Waals surface area contributed by atoms with Crippen LogP contribution in [0.2, 0.25) is 0 Å². The van der Waals surface area contributed by atoms with E-state index in [0.717, 1.165) is 0 Å². The minimum absolute atomic E-state index is 0.192. The fourth-order valence-electron chi connectivity index (χ4n) is 4.72. The van der Waals surface area contributed by atoms with E-state index >= 15 is 0 Å². The first-order valence-electron chi connectivity index (χ1n) is 7.45. The van der Waals surface area contributed by atoms with Gasteiger partial charge in [-0.3, -0.25) is 0 Å². The van der Waals surface area contributed by atoms with E-state index in [1.807, 2.05) is 0 Å². The van der Waals surface area contributed by atoms with E-state index in [4.69, 9.17) is 0 Å². The maximum Gasteiger partial charge on any atom is 0.0374 e. The quantitative estimate of drug-likeness (QED) is 0.749. The van der Waals surface area contributed by atoms with Crippen LogP contribution in [0.5, 0.6) is 0 Å². The Morgan fingerprint density at radius 2 is 1.37 bits per heavy atom. The van der Waals surface area contributed by atoms with E-state index in [0.29, 0.717) is 10.8 Å². The molecule has 19 heavy (non-hydrogen) atoms. The number of hydrogen-bond donors (Lipinski definition) is 1.